The molecule has 0 aromatic rings. The second kappa shape index (κ2) is 6.99. The third-order valence-electron chi connectivity index (χ3n) is 9.07. The Kier molecular flexibility index (Phi) is 4.99. The molecule has 2 saturated carbocycles. The fraction of sp³-hybridized carbons (Fsp3) is 0.760. The normalized spacial score (nSPS) is 43.3. The van der Waals surface area contributed by atoms with E-state index in [9.17, 15) is 9.59 Å². The summed E-state index contributed by atoms with van der Waals surface area (Å²) in [7, 11) is 0. The molecule has 0 N–H and O–H groups in total. The maximum atomic E-state index is 12.8. The third-order valence-corrected chi connectivity index (χ3v) is 9.07. The molecule has 6 atom stereocenters. The van der Waals surface area contributed by atoms with Crippen LogP contribution in [0.4, 0.5) is 0 Å². The summed E-state index contributed by atoms with van der Waals surface area (Å²) in [5, 5.41) is 0. The molecule has 0 amide bonds. The first-order chi connectivity index (χ1) is 13.7. The maximum Gasteiger partial charge on any atom is 0.303 e. The van der Waals surface area contributed by atoms with Crippen LogP contribution in [-0.2, 0) is 19.1 Å². The van der Waals surface area contributed by atoms with E-state index < -0.39 is 5.60 Å². The predicted octanol–water partition coefficient (Wildman–Crippen LogP) is 5.37. The van der Waals surface area contributed by atoms with E-state index in [1.165, 1.54) is 12.5 Å². The number of ketones is 1. The number of hydrogen-bond acceptors (Lipinski definition) is 4. The molecule has 0 aliphatic heterocycles. The number of carbonyl (C=O) groups is 2. The molecule has 160 valence electrons. The Morgan fingerprint density at radius 3 is 2.48 bits per heavy atom. The second-order valence-corrected chi connectivity index (χ2v) is 10.2. The van der Waals surface area contributed by atoms with E-state index in [0.717, 1.165) is 50.9 Å². The van der Waals surface area contributed by atoms with Crippen LogP contribution >= 0.6 is 0 Å². The molecule has 2 fully saturated rings. The van der Waals surface area contributed by atoms with Gasteiger partial charge in [0, 0.05) is 18.8 Å². The molecule has 0 aromatic heterocycles. The summed E-state index contributed by atoms with van der Waals surface area (Å²) < 4.78 is 11.7. The van der Waals surface area contributed by atoms with Crippen LogP contribution in [0.3, 0.4) is 0 Å². The van der Waals surface area contributed by atoms with Gasteiger partial charge in [-0.1, -0.05) is 19.9 Å². The minimum absolute atomic E-state index is 0.0244. The highest BCUT2D eigenvalue weighted by atomic mass is 16.6. The summed E-state index contributed by atoms with van der Waals surface area (Å²) in [4.78, 5) is 24.7. The highest BCUT2D eigenvalue weighted by Gasteiger charge is 2.67. The van der Waals surface area contributed by atoms with Crippen molar-refractivity contribution < 1.29 is 19.1 Å². The van der Waals surface area contributed by atoms with Crippen LogP contribution in [0.15, 0.2) is 23.5 Å². The van der Waals surface area contributed by atoms with Crippen molar-refractivity contribution in [2.45, 2.75) is 85.2 Å². The summed E-state index contributed by atoms with van der Waals surface area (Å²) in [6, 6.07) is 0. The highest BCUT2D eigenvalue weighted by Crippen LogP contribution is 2.67. The van der Waals surface area contributed by atoms with Gasteiger partial charge in [-0.3, -0.25) is 9.59 Å². The lowest BCUT2D eigenvalue weighted by atomic mass is 9.47. The van der Waals surface area contributed by atoms with Gasteiger partial charge in [0.1, 0.15) is 0 Å². The van der Waals surface area contributed by atoms with Gasteiger partial charge in [-0.2, -0.15) is 0 Å². The number of carbonyl (C=O) groups excluding carboxylic acids is 2. The molecule has 4 rings (SSSR count). The highest BCUT2D eigenvalue weighted by molar-refractivity contribution is 5.89. The summed E-state index contributed by atoms with van der Waals surface area (Å²) >= 11 is 0. The molecule has 0 heterocycles. The van der Waals surface area contributed by atoms with Crippen molar-refractivity contribution in [3.8, 4) is 0 Å². The molecule has 4 heteroatoms. The van der Waals surface area contributed by atoms with Crippen molar-refractivity contribution in [3.05, 3.63) is 23.5 Å². The van der Waals surface area contributed by atoms with Crippen molar-refractivity contribution in [3.63, 3.8) is 0 Å². The number of ether oxygens (including phenoxy) is 2. The molecule has 0 saturated heterocycles. The van der Waals surface area contributed by atoms with E-state index in [1.807, 2.05) is 6.92 Å². The van der Waals surface area contributed by atoms with E-state index in [2.05, 4.69) is 26.0 Å². The molecule has 0 spiro atoms. The van der Waals surface area contributed by atoms with Gasteiger partial charge in [-0.05, 0) is 87.2 Å². The standard InChI is InChI=1S/C25H36O4/c1-6-28-19-9-12-23(4)18(15-19)7-8-20-21(23)10-13-24(5)22(20)11-14-25(24,16(2)26)29-17(3)27/h7,15,20-22H,6,8-14H2,1-5H3/t20-,21-,22-,23+,24+,25-/m1/s1. The number of fused-ring (bicyclic) bond motifs is 5. The molecular weight excluding hydrogens is 364 g/mol. The van der Waals surface area contributed by atoms with Crippen LogP contribution in [0.5, 0.6) is 0 Å². The van der Waals surface area contributed by atoms with E-state index >= 15 is 0 Å². The second-order valence-electron chi connectivity index (χ2n) is 10.2. The molecule has 0 bridgehead atoms. The van der Waals surface area contributed by atoms with Crippen LogP contribution in [0, 0.1) is 28.6 Å². The zero-order valence-electron chi connectivity index (χ0n) is 18.7. The molecule has 0 unspecified atom stereocenters. The first kappa shape index (κ1) is 20.7. The minimum atomic E-state index is -0.937. The van der Waals surface area contributed by atoms with Crippen LogP contribution in [0.25, 0.3) is 0 Å². The Bertz CT molecular complexity index is 780. The predicted molar refractivity (Wildman–Crippen MR) is 112 cm³/mol. The first-order valence-electron chi connectivity index (χ1n) is 11.4. The zero-order valence-corrected chi connectivity index (χ0v) is 18.7. The average molecular weight is 401 g/mol. The monoisotopic (exact) mass is 400 g/mol. The number of rotatable bonds is 4. The van der Waals surface area contributed by atoms with E-state index in [0.29, 0.717) is 24.2 Å². The summed E-state index contributed by atoms with van der Waals surface area (Å²) in [6.07, 6.45) is 11.6. The van der Waals surface area contributed by atoms with Crippen LogP contribution in [0.1, 0.15) is 79.6 Å². The fourth-order valence-corrected chi connectivity index (χ4v) is 7.66. The summed E-state index contributed by atoms with van der Waals surface area (Å²) in [6.45, 7) is 10.5. The van der Waals surface area contributed by atoms with Crippen LogP contribution in [-0.4, -0.2) is 24.0 Å². The van der Waals surface area contributed by atoms with Crippen molar-refractivity contribution in [1.29, 1.82) is 0 Å². The third kappa shape index (κ3) is 2.84. The quantitative estimate of drug-likeness (QED) is 0.595. The molecule has 0 radical (unpaired) electrons. The Hall–Kier alpha value is -1.58. The van der Waals surface area contributed by atoms with Crippen molar-refractivity contribution in [1.82, 2.24) is 0 Å². The minimum Gasteiger partial charge on any atom is -0.498 e. The van der Waals surface area contributed by atoms with Crippen molar-refractivity contribution >= 4 is 11.8 Å². The van der Waals surface area contributed by atoms with Crippen molar-refractivity contribution in [2.75, 3.05) is 6.61 Å². The number of hydrogen-bond donors (Lipinski definition) is 0. The van der Waals surface area contributed by atoms with Gasteiger partial charge in [0.15, 0.2) is 11.4 Å². The SMILES string of the molecule is CCOC1=CC2=CC[C@@H]3[C@@H](CC[C@@]4(C)[C@@H]3CC[C@@]4(OC(C)=O)C(C)=O)[C@@]2(C)CC1. The maximum absolute atomic E-state index is 12.8. The van der Waals surface area contributed by atoms with E-state index in [-0.39, 0.29) is 22.6 Å². The molecule has 4 aliphatic rings. The summed E-state index contributed by atoms with van der Waals surface area (Å²) in [5.74, 6) is 2.43. The van der Waals surface area contributed by atoms with Crippen LogP contribution < -0.4 is 0 Å². The topological polar surface area (TPSA) is 52.6 Å². The Morgan fingerprint density at radius 2 is 1.83 bits per heavy atom. The average Bonchev–Trinajstić information content (AvgIpc) is 2.95. The number of Topliss-reactive ketones (excluding diaryl/α,β-unsaturated/α-hetero) is 1. The van der Waals surface area contributed by atoms with Gasteiger partial charge < -0.3 is 9.47 Å². The Labute approximate surface area is 175 Å². The van der Waals surface area contributed by atoms with Gasteiger partial charge in [0.2, 0.25) is 0 Å². The largest absolute Gasteiger partial charge is 0.498 e. The fourth-order valence-electron chi connectivity index (χ4n) is 7.66. The lowest BCUT2D eigenvalue weighted by molar-refractivity contribution is -0.186. The van der Waals surface area contributed by atoms with Gasteiger partial charge in [0.05, 0.1) is 12.4 Å². The molecule has 4 aliphatic carbocycles. The lowest BCUT2D eigenvalue weighted by Crippen LogP contribution is -2.58. The Morgan fingerprint density at radius 1 is 1.10 bits per heavy atom. The van der Waals surface area contributed by atoms with Gasteiger partial charge in [0.25, 0.3) is 0 Å². The number of esters is 1. The van der Waals surface area contributed by atoms with Gasteiger partial charge in [-0.25, -0.2) is 0 Å². The van der Waals surface area contributed by atoms with Crippen LogP contribution in [0.2, 0.25) is 0 Å². The van der Waals surface area contributed by atoms with Gasteiger partial charge in [-0.15, -0.1) is 0 Å². The zero-order chi connectivity index (χ0) is 21.0. The lowest BCUT2D eigenvalue weighted by Gasteiger charge is -2.58. The van der Waals surface area contributed by atoms with Gasteiger partial charge >= 0.3 is 5.97 Å². The molecule has 0 aromatic carbocycles. The summed E-state index contributed by atoms with van der Waals surface area (Å²) in [5.41, 5.74) is 0.448. The van der Waals surface area contributed by atoms with E-state index in [1.54, 1.807) is 6.92 Å². The first-order valence-corrected chi connectivity index (χ1v) is 11.4. The molecule has 4 nitrogen and oxygen atoms in total. The Balaban J connectivity index is 1.68. The molecular formula is C25H36O4. The van der Waals surface area contributed by atoms with E-state index in [4.69, 9.17) is 9.47 Å². The smallest absolute Gasteiger partial charge is 0.303 e. The molecule has 29 heavy (non-hydrogen) atoms. The van der Waals surface area contributed by atoms with Crippen molar-refractivity contribution in [2.24, 2.45) is 28.6 Å². The number of allylic oxidation sites excluding steroid dienone is 4.